The fourth-order valence-electron chi connectivity index (χ4n) is 1.96. The zero-order valence-electron chi connectivity index (χ0n) is 9.48. The lowest BCUT2D eigenvalue weighted by atomic mass is 9.90. The summed E-state index contributed by atoms with van der Waals surface area (Å²) in [4.78, 5) is 0. The van der Waals surface area contributed by atoms with E-state index in [0.717, 1.165) is 16.9 Å². The van der Waals surface area contributed by atoms with E-state index in [-0.39, 0.29) is 5.92 Å². The van der Waals surface area contributed by atoms with E-state index in [0.29, 0.717) is 0 Å². The van der Waals surface area contributed by atoms with Crippen LogP contribution < -0.4 is 4.74 Å². The van der Waals surface area contributed by atoms with Crippen molar-refractivity contribution in [3.8, 4) is 5.75 Å². The zero-order valence-corrected chi connectivity index (χ0v) is 9.48. The topological polar surface area (TPSA) is 9.23 Å². The van der Waals surface area contributed by atoms with E-state index >= 15 is 0 Å². The van der Waals surface area contributed by atoms with Gasteiger partial charge in [-0.2, -0.15) is 0 Å². The van der Waals surface area contributed by atoms with Crippen LogP contribution in [0.25, 0.3) is 0 Å². The Hall–Kier alpha value is -1.57. The highest BCUT2D eigenvalue weighted by Crippen LogP contribution is 2.30. The molecule has 0 spiro atoms. The predicted molar refractivity (Wildman–Crippen MR) is 63.6 cm³/mol. The van der Waals surface area contributed by atoms with Crippen LogP contribution in [-0.2, 0) is 0 Å². The van der Waals surface area contributed by atoms with Crippen molar-refractivity contribution in [3.05, 3.63) is 53.6 Å². The maximum atomic E-state index is 13.7. The molecule has 0 aliphatic heterocycles. The van der Waals surface area contributed by atoms with Gasteiger partial charge in [-0.1, -0.05) is 24.3 Å². The number of halogens is 1. The Morgan fingerprint density at radius 2 is 1.88 bits per heavy atom. The highest BCUT2D eigenvalue weighted by molar-refractivity contribution is 5.40. The summed E-state index contributed by atoms with van der Waals surface area (Å²) >= 11 is 0. The molecule has 1 aromatic carbocycles. The number of methoxy groups -OCH3 is 1. The average Bonchev–Trinajstić information content (AvgIpc) is 2.28. The van der Waals surface area contributed by atoms with Gasteiger partial charge in [0.1, 0.15) is 11.9 Å². The van der Waals surface area contributed by atoms with Gasteiger partial charge in [0.2, 0.25) is 0 Å². The van der Waals surface area contributed by atoms with E-state index in [1.54, 1.807) is 19.3 Å². The van der Waals surface area contributed by atoms with Crippen LogP contribution in [0.2, 0.25) is 0 Å². The normalized spacial score (nSPS) is 23.4. The van der Waals surface area contributed by atoms with Crippen molar-refractivity contribution in [2.45, 2.75) is 19.0 Å². The molecule has 0 bridgehead atoms. The highest BCUT2D eigenvalue weighted by atomic mass is 19.1. The van der Waals surface area contributed by atoms with Gasteiger partial charge < -0.3 is 4.74 Å². The van der Waals surface area contributed by atoms with E-state index in [4.69, 9.17) is 4.74 Å². The minimum atomic E-state index is -0.948. The standard InChI is InChI=1S/C14H15FO/c1-10-7-11(9-12(8-10)16-2)13-5-3-4-6-14(13)15/h3-9,13-14H,1-2H3. The number of ether oxygens (including phenoxy) is 1. The van der Waals surface area contributed by atoms with E-state index in [1.807, 2.05) is 37.3 Å². The van der Waals surface area contributed by atoms with Crippen LogP contribution in [0.1, 0.15) is 17.0 Å². The summed E-state index contributed by atoms with van der Waals surface area (Å²) in [7, 11) is 1.63. The maximum absolute atomic E-state index is 13.7. The number of rotatable bonds is 2. The molecular weight excluding hydrogens is 203 g/mol. The van der Waals surface area contributed by atoms with Crippen molar-refractivity contribution >= 4 is 0 Å². The molecule has 1 aromatic rings. The van der Waals surface area contributed by atoms with Crippen LogP contribution in [0.4, 0.5) is 4.39 Å². The number of hydrogen-bond donors (Lipinski definition) is 0. The summed E-state index contributed by atoms with van der Waals surface area (Å²) in [5, 5.41) is 0. The highest BCUT2D eigenvalue weighted by Gasteiger charge is 2.20. The van der Waals surface area contributed by atoms with Gasteiger partial charge >= 0.3 is 0 Å². The first-order valence-corrected chi connectivity index (χ1v) is 5.35. The number of hydrogen-bond acceptors (Lipinski definition) is 1. The molecule has 16 heavy (non-hydrogen) atoms. The second-order valence-corrected chi connectivity index (χ2v) is 4.02. The van der Waals surface area contributed by atoms with Crippen molar-refractivity contribution in [1.29, 1.82) is 0 Å². The fraction of sp³-hybridized carbons (Fsp3) is 0.286. The predicted octanol–water partition coefficient (Wildman–Crippen LogP) is 3.55. The van der Waals surface area contributed by atoms with E-state index in [1.165, 1.54) is 0 Å². The minimum absolute atomic E-state index is 0.196. The third-order valence-corrected chi connectivity index (χ3v) is 2.76. The first kappa shape index (κ1) is 10.9. The Morgan fingerprint density at radius 1 is 1.12 bits per heavy atom. The Balaban J connectivity index is 2.36. The van der Waals surface area contributed by atoms with Crippen LogP contribution in [-0.4, -0.2) is 13.3 Å². The van der Waals surface area contributed by atoms with E-state index in [9.17, 15) is 4.39 Å². The SMILES string of the molecule is COc1cc(C)cc(C2C=CC=CC2F)c1. The number of benzene rings is 1. The molecule has 0 radical (unpaired) electrons. The van der Waals surface area contributed by atoms with Crippen molar-refractivity contribution in [2.75, 3.05) is 7.11 Å². The number of allylic oxidation sites excluding steroid dienone is 4. The lowest BCUT2D eigenvalue weighted by Gasteiger charge is -2.19. The fourth-order valence-corrected chi connectivity index (χ4v) is 1.96. The molecule has 2 rings (SSSR count). The quantitative estimate of drug-likeness (QED) is 0.737. The van der Waals surface area contributed by atoms with Crippen LogP contribution >= 0.6 is 0 Å². The molecule has 2 heteroatoms. The molecule has 0 saturated carbocycles. The molecule has 84 valence electrons. The minimum Gasteiger partial charge on any atom is -0.497 e. The van der Waals surface area contributed by atoms with Crippen molar-refractivity contribution < 1.29 is 9.13 Å². The van der Waals surface area contributed by atoms with Crippen molar-refractivity contribution in [3.63, 3.8) is 0 Å². The second-order valence-electron chi connectivity index (χ2n) is 4.02. The summed E-state index contributed by atoms with van der Waals surface area (Å²) < 4.78 is 18.9. The lowest BCUT2D eigenvalue weighted by Crippen LogP contribution is -2.11. The van der Waals surface area contributed by atoms with Crippen LogP contribution in [0.15, 0.2) is 42.5 Å². The molecule has 2 atom stereocenters. The largest absolute Gasteiger partial charge is 0.497 e. The van der Waals surface area contributed by atoms with E-state index < -0.39 is 6.17 Å². The third-order valence-electron chi connectivity index (χ3n) is 2.76. The number of aryl methyl sites for hydroxylation is 1. The number of alkyl halides is 1. The smallest absolute Gasteiger partial charge is 0.129 e. The Labute approximate surface area is 95.2 Å². The average molecular weight is 218 g/mol. The summed E-state index contributed by atoms with van der Waals surface area (Å²) in [6.07, 6.45) is 6.15. The molecule has 1 aliphatic carbocycles. The maximum Gasteiger partial charge on any atom is 0.129 e. The first-order valence-electron chi connectivity index (χ1n) is 5.35. The lowest BCUT2D eigenvalue weighted by molar-refractivity contribution is 0.367. The Kier molecular flexibility index (Phi) is 3.09. The van der Waals surface area contributed by atoms with Gasteiger partial charge in [0.25, 0.3) is 0 Å². The monoisotopic (exact) mass is 218 g/mol. The van der Waals surface area contributed by atoms with Crippen LogP contribution in [0, 0.1) is 6.92 Å². The van der Waals surface area contributed by atoms with Crippen LogP contribution in [0.5, 0.6) is 5.75 Å². The third kappa shape index (κ3) is 2.16. The van der Waals surface area contributed by atoms with Crippen LogP contribution in [0.3, 0.4) is 0 Å². The Morgan fingerprint density at radius 3 is 2.56 bits per heavy atom. The molecule has 0 fully saturated rings. The van der Waals surface area contributed by atoms with Gasteiger partial charge in [-0.05, 0) is 36.3 Å². The van der Waals surface area contributed by atoms with Gasteiger partial charge in [-0.15, -0.1) is 0 Å². The van der Waals surface area contributed by atoms with Gasteiger partial charge in [-0.25, -0.2) is 4.39 Å². The van der Waals surface area contributed by atoms with Gasteiger partial charge in [0.15, 0.2) is 0 Å². The molecule has 0 saturated heterocycles. The summed E-state index contributed by atoms with van der Waals surface area (Å²) in [5.74, 6) is 0.587. The summed E-state index contributed by atoms with van der Waals surface area (Å²) in [5.41, 5.74) is 2.05. The summed E-state index contributed by atoms with van der Waals surface area (Å²) in [6, 6.07) is 5.84. The zero-order chi connectivity index (χ0) is 11.5. The molecule has 0 amide bonds. The summed E-state index contributed by atoms with van der Waals surface area (Å²) in [6.45, 7) is 1.99. The first-order chi connectivity index (χ1) is 7.70. The second kappa shape index (κ2) is 4.52. The Bertz CT molecular complexity index is 434. The van der Waals surface area contributed by atoms with Crippen molar-refractivity contribution in [1.82, 2.24) is 0 Å². The molecule has 0 N–H and O–H groups in total. The van der Waals surface area contributed by atoms with Gasteiger partial charge in [-0.3, -0.25) is 0 Å². The van der Waals surface area contributed by atoms with E-state index in [2.05, 4.69) is 0 Å². The molecule has 1 nitrogen and oxygen atoms in total. The molecule has 1 aliphatic rings. The molecular formula is C14H15FO. The molecule has 2 unspecified atom stereocenters. The van der Waals surface area contributed by atoms with Gasteiger partial charge in [0.05, 0.1) is 7.11 Å². The molecule has 0 heterocycles. The van der Waals surface area contributed by atoms with Gasteiger partial charge in [0, 0.05) is 5.92 Å². The van der Waals surface area contributed by atoms with Crippen molar-refractivity contribution in [2.24, 2.45) is 0 Å². The molecule has 0 aromatic heterocycles.